The molecule has 0 radical (unpaired) electrons. The Balaban J connectivity index is 2.11. The van der Waals surface area contributed by atoms with Crippen LogP contribution in [-0.4, -0.2) is 39.2 Å². The number of benzene rings is 1. The van der Waals surface area contributed by atoms with Crippen molar-refractivity contribution in [1.29, 1.82) is 0 Å². The molecule has 3 N–H and O–H groups in total. The fourth-order valence-electron chi connectivity index (χ4n) is 3.35. The highest BCUT2D eigenvalue weighted by molar-refractivity contribution is 6.02. The predicted octanol–water partition coefficient (Wildman–Crippen LogP) is 2.94. The van der Waals surface area contributed by atoms with Crippen LogP contribution in [0.2, 0.25) is 0 Å². The molecule has 142 valence electrons. The first-order chi connectivity index (χ1) is 11.9. The Kier molecular flexibility index (Phi) is 5.31. The van der Waals surface area contributed by atoms with Gasteiger partial charge in [0.1, 0.15) is 6.04 Å². The number of para-hydroxylation sites is 1. The van der Waals surface area contributed by atoms with Crippen molar-refractivity contribution in [2.24, 2.45) is 0 Å². The van der Waals surface area contributed by atoms with Crippen LogP contribution in [0, 0.1) is 13.8 Å². The van der Waals surface area contributed by atoms with Gasteiger partial charge in [-0.05, 0) is 59.6 Å². The lowest BCUT2D eigenvalue weighted by atomic mass is 9.95. The maximum absolute atomic E-state index is 12.7. The molecule has 0 saturated carbocycles. The zero-order valence-electron chi connectivity index (χ0n) is 16.6. The first-order valence-corrected chi connectivity index (χ1v) is 8.78. The summed E-state index contributed by atoms with van der Waals surface area (Å²) in [6.07, 6.45) is 1.73. The highest BCUT2D eigenvalue weighted by Gasteiger charge is 2.47. The zero-order valence-corrected chi connectivity index (χ0v) is 16.6. The van der Waals surface area contributed by atoms with Gasteiger partial charge in [-0.25, -0.2) is 0 Å². The van der Waals surface area contributed by atoms with E-state index >= 15 is 0 Å². The monoisotopic (exact) mass is 359 g/mol. The topological polar surface area (TPSA) is 81.7 Å². The molecule has 2 rings (SSSR count). The Morgan fingerprint density at radius 2 is 1.65 bits per heavy atom. The van der Waals surface area contributed by atoms with Crippen molar-refractivity contribution in [3.8, 4) is 0 Å². The second-order valence-corrected chi connectivity index (χ2v) is 8.03. The third-order valence-electron chi connectivity index (χ3n) is 4.95. The van der Waals surface area contributed by atoms with Gasteiger partial charge >= 0.3 is 0 Å². The quantitative estimate of drug-likeness (QED) is 0.772. The largest absolute Gasteiger partial charge is 0.341 e. The van der Waals surface area contributed by atoms with E-state index in [0.717, 1.165) is 21.9 Å². The Hall–Kier alpha value is -2.18. The highest BCUT2D eigenvalue weighted by atomic mass is 16.5. The van der Waals surface area contributed by atoms with E-state index in [0.29, 0.717) is 5.57 Å². The molecule has 0 aliphatic carbocycles. The van der Waals surface area contributed by atoms with Crippen molar-refractivity contribution < 1.29 is 14.8 Å². The first kappa shape index (κ1) is 20.1. The second kappa shape index (κ2) is 6.85. The van der Waals surface area contributed by atoms with Crippen LogP contribution in [0.4, 0.5) is 5.69 Å². The molecule has 1 aromatic rings. The van der Waals surface area contributed by atoms with E-state index in [4.69, 9.17) is 0 Å². The maximum Gasteiger partial charge on any atom is 0.249 e. The van der Waals surface area contributed by atoms with E-state index in [1.807, 2.05) is 45.9 Å². The molecule has 0 spiro atoms. The Morgan fingerprint density at radius 1 is 1.12 bits per heavy atom. The molecule has 6 heteroatoms. The smallest absolute Gasteiger partial charge is 0.249 e. The van der Waals surface area contributed by atoms with Crippen LogP contribution in [0.1, 0.15) is 45.7 Å². The molecule has 1 atom stereocenters. The van der Waals surface area contributed by atoms with Crippen LogP contribution in [0.3, 0.4) is 0 Å². The number of anilines is 1. The predicted molar refractivity (Wildman–Crippen MR) is 102 cm³/mol. The van der Waals surface area contributed by atoms with E-state index in [2.05, 4.69) is 10.6 Å². The highest BCUT2D eigenvalue weighted by Crippen LogP contribution is 2.38. The van der Waals surface area contributed by atoms with Crippen molar-refractivity contribution in [3.63, 3.8) is 0 Å². The molecule has 0 fully saturated rings. The molecular formula is C20H29N3O3. The zero-order chi connectivity index (χ0) is 19.9. The summed E-state index contributed by atoms with van der Waals surface area (Å²) in [6.45, 7) is 12.7. The SMILES string of the molecule is Cc1cccc(C)c1NC(=O)C(C)NC(=O)C1=CC(C)(C)N(O)C1(C)C. The van der Waals surface area contributed by atoms with Crippen LogP contribution in [0.25, 0.3) is 0 Å². The first-order valence-electron chi connectivity index (χ1n) is 8.78. The third-order valence-corrected chi connectivity index (χ3v) is 4.95. The summed E-state index contributed by atoms with van der Waals surface area (Å²) < 4.78 is 0. The van der Waals surface area contributed by atoms with Crippen molar-refractivity contribution >= 4 is 17.5 Å². The maximum atomic E-state index is 12.7. The number of amides is 2. The summed E-state index contributed by atoms with van der Waals surface area (Å²) in [7, 11) is 0. The number of hydrogen-bond donors (Lipinski definition) is 3. The molecule has 1 aliphatic heterocycles. The lowest BCUT2D eigenvalue weighted by molar-refractivity contribution is -0.186. The number of carbonyl (C=O) groups is 2. The Bertz CT molecular complexity index is 745. The standard InChI is InChI=1S/C20H29N3O3/c1-12-9-8-10-13(2)16(12)22-17(24)14(3)21-18(25)15-11-19(4,5)23(26)20(15,6)7/h8-11,14,26H,1-7H3,(H,21,25)(H,22,24). The summed E-state index contributed by atoms with van der Waals surface area (Å²) in [5.74, 6) is -0.643. The van der Waals surface area contributed by atoms with E-state index < -0.39 is 17.1 Å². The molecule has 1 unspecified atom stereocenters. The third kappa shape index (κ3) is 3.66. The minimum absolute atomic E-state index is 0.285. The number of carbonyl (C=O) groups excluding carboxylic acids is 2. The van der Waals surface area contributed by atoms with E-state index in [-0.39, 0.29) is 11.8 Å². The summed E-state index contributed by atoms with van der Waals surface area (Å²) in [4.78, 5) is 25.2. The van der Waals surface area contributed by atoms with E-state index in [9.17, 15) is 14.8 Å². The average Bonchev–Trinajstić information content (AvgIpc) is 2.70. The number of rotatable bonds is 4. The van der Waals surface area contributed by atoms with Gasteiger partial charge in [-0.2, -0.15) is 5.06 Å². The van der Waals surface area contributed by atoms with Crippen molar-refractivity contribution in [2.45, 2.75) is 65.6 Å². The number of nitrogens with one attached hydrogen (secondary N) is 2. The molecule has 0 aromatic heterocycles. The fourth-order valence-corrected chi connectivity index (χ4v) is 3.35. The molecule has 1 heterocycles. The van der Waals surface area contributed by atoms with Crippen LogP contribution in [-0.2, 0) is 9.59 Å². The summed E-state index contributed by atoms with van der Waals surface area (Å²) in [6, 6.07) is 5.07. The van der Waals surface area contributed by atoms with Crippen LogP contribution >= 0.6 is 0 Å². The van der Waals surface area contributed by atoms with E-state index in [1.54, 1.807) is 26.8 Å². The Labute approximate surface area is 155 Å². The van der Waals surface area contributed by atoms with Gasteiger partial charge < -0.3 is 15.8 Å². The molecule has 2 amide bonds. The normalized spacial score (nSPS) is 19.6. The van der Waals surface area contributed by atoms with Gasteiger partial charge in [0, 0.05) is 11.3 Å². The van der Waals surface area contributed by atoms with E-state index in [1.165, 1.54) is 0 Å². The van der Waals surface area contributed by atoms with Crippen molar-refractivity contribution in [2.75, 3.05) is 5.32 Å². The molecule has 1 aromatic carbocycles. The molecule has 1 aliphatic rings. The van der Waals surface area contributed by atoms with Gasteiger partial charge in [0.2, 0.25) is 11.8 Å². The van der Waals surface area contributed by atoms with Gasteiger partial charge in [0.15, 0.2) is 0 Å². The minimum Gasteiger partial charge on any atom is -0.341 e. The second-order valence-electron chi connectivity index (χ2n) is 8.03. The molecule has 0 bridgehead atoms. The number of hydrogen-bond acceptors (Lipinski definition) is 4. The molecule has 0 saturated heterocycles. The summed E-state index contributed by atoms with van der Waals surface area (Å²) in [5, 5.41) is 17.1. The molecule has 26 heavy (non-hydrogen) atoms. The number of aryl methyl sites for hydroxylation is 2. The van der Waals surface area contributed by atoms with Gasteiger partial charge in [0.05, 0.1) is 11.1 Å². The minimum atomic E-state index is -0.837. The molecular weight excluding hydrogens is 330 g/mol. The van der Waals surface area contributed by atoms with Gasteiger partial charge in [-0.15, -0.1) is 0 Å². The Morgan fingerprint density at radius 3 is 2.12 bits per heavy atom. The van der Waals surface area contributed by atoms with Crippen LogP contribution in [0.15, 0.2) is 29.8 Å². The lowest BCUT2D eigenvalue weighted by Gasteiger charge is -2.35. The van der Waals surface area contributed by atoms with Crippen molar-refractivity contribution in [1.82, 2.24) is 10.4 Å². The van der Waals surface area contributed by atoms with Crippen LogP contribution in [0.5, 0.6) is 0 Å². The van der Waals surface area contributed by atoms with Gasteiger partial charge in [-0.3, -0.25) is 9.59 Å². The van der Waals surface area contributed by atoms with Crippen molar-refractivity contribution in [3.05, 3.63) is 41.0 Å². The van der Waals surface area contributed by atoms with Gasteiger partial charge in [-0.1, -0.05) is 24.3 Å². The summed E-state index contributed by atoms with van der Waals surface area (Å²) >= 11 is 0. The fraction of sp³-hybridized carbons (Fsp3) is 0.500. The lowest BCUT2D eigenvalue weighted by Crippen LogP contribution is -2.51. The van der Waals surface area contributed by atoms with Crippen LogP contribution < -0.4 is 10.6 Å². The summed E-state index contributed by atoms with van der Waals surface area (Å²) in [5.41, 5.74) is 1.65. The average molecular weight is 359 g/mol. The number of nitrogens with zero attached hydrogens (tertiary/aromatic N) is 1. The molecule has 6 nitrogen and oxygen atoms in total. The number of hydroxylamine groups is 2. The van der Waals surface area contributed by atoms with Gasteiger partial charge in [0.25, 0.3) is 0 Å².